The molecule has 7 heteroatoms. The molecule has 2 amide bonds. The van der Waals surface area contributed by atoms with Gasteiger partial charge in [-0.3, -0.25) is 9.69 Å². The molecule has 0 bridgehead atoms. The summed E-state index contributed by atoms with van der Waals surface area (Å²) in [5.74, 6) is -0.372. The summed E-state index contributed by atoms with van der Waals surface area (Å²) in [6.45, 7) is 7.71. The van der Waals surface area contributed by atoms with Crippen molar-refractivity contribution in [3.63, 3.8) is 0 Å². The van der Waals surface area contributed by atoms with E-state index in [-0.39, 0.29) is 11.5 Å². The standard InChI is InChI=1S/C17H25N3O4/c1-12-9-13(11-19(23)10-12)15(21)18-14-7-5-6-8-20(14)16(22)24-17(2,3)4/h9-11,14H,5-8H2,1-4H3,(H,18,21). The van der Waals surface area contributed by atoms with Crippen molar-refractivity contribution < 1.29 is 19.1 Å². The van der Waals surface area contributed by atoms with Crippen LogP contribution in [0.2, 0.25) is 0 Å². The number of aromatic nitrogens is 1. The average molecular weight is 335 g/mol. The predicted octanol–water partition coefficient (Wildman–Crippen LogP) is 2.11. The molecule has 1 unspecified atom stereocenters. The first-order valence-electron chi connectivity index (χ1n) is 8.17. The SMILES string of the molecule is Cc1cc(C(=O)NC2CCCCN2C(=O)OC(C)(C)C)c[n+]([O-])c1. The van der Waals surface area contributed by atoms with Crippen LogP contribution in [0.25, 0.3) is 0 Å². The Morgan fingerprint density at radius 2 is 2.04 bits per heavy atom. The quantitative estimate of drug-likeness (QED) is 0.662. The predicted molar refractivity (Wildman–Crippen MR) is 88.2 cm³/mol. The van der Waals surface area contributed by atoms with Crippen molar-refractivity contribution in [3.8, 4) is 0 Å². The molecule has 132 valence electrons. The van der Waals surface area contributed by atoms with E-state index in [2.05, 4.69) is 5.32 Å². The molecule has 2 heterocycles. The maximum atomic E-state index is 12.4. The van der Waals surface area contributed by atoms with E-state index in [1.807, 2.05) is 20.8 Å². The third-order valence-electron chi connectivity index (χ3n) is 3.67. The minimum atomic E-state index is -0.590. The van der Waals surface area contributed by atoms with Gasteiger partial charge < -0.3 is 15.3 Å². The molecule has 1 aliphatic rings. The molecule has 1 fully saturated rings. The molecular weight excluding hydrogens is 310 g/mol. The normalized spacial score (nSPS) is 18.2. The average Bonchev–Trinajstić information content (AvgIpc) is 2.44. The summed E-state index contributed by atoms with van der Waals surface area (Å²) in [5.41, 5.74) is 0.387. The van der Waals surface area contributed by atoms with Crippen molar-refractivity contribution in [2.45, 2.75) is 58.7 Å². The first-order valence-corrected chi connectivity index (χ1v) is 8.17. The molecule has 1 aromatic rings. The lowest BCUT2D eigenvalue weighted by Crippen LogP contribution is -2.54. The molecule has 7 nitrogen and oxygen atoms in total. The van der Waals surface area contributed by atoms with E-state index in [0.717, 1.165) is 12.8 Å². The minimum Gasteiger partial charge on any atom is -0.619 e. The highest BCUT2D eigenvalue weighted by molar-refractivity contribution is 5.94. The molecular formula is C17H25N3O4. The third kappa shape index (κ3) is 4.84. The number of likely N-dealkylation sites (tertiary alicyclic amines) is 1. The van der Waals surface area contributed by atoms with Gasteiger partial charge in [0.15, 0.2) is 12.4 Å². The van der Waals surface area contributed by atoms with Gasteiger partial charge in [-0.15, -0.1) is 0 Å². The van der Waals surface area contributed by atoms with Crippen molar-refractivity contribution in [2.75, 3.05) is 6.54 Å². The summed E-state index contributed by atoms with van der Waals surface area (Å²) < 4.78 is 6.02. The fraction of sp³-hybridized carbons (Fsp3) is 0.588. The van der Waals surface area contributed by atoms with Crippen LogP contribution in [0.3, 0.4) is 0 Å². The van der Waals surface area contributed by atoms with Gasteiger partial charge in [0, 0.05) is 12.1 Å². The number of rotatable bonds is 2. The maximum absolute atomic E-state index is 12.4. The van der Waals surface area contributed by atoms with E-state index in [9.17, 15) is 14.8 Å². The molecule has 0 aromatic carbocycles. The molecule has 1 aliphatic heterocycles. The number of pyridine rings is 1. The number of hydrogen-bond donors (Lipinski definition) is 1. The largest absolute Gasteiger partial charge is 0.619 e. The van der Waals surface area contributed by atoms with Crippen molar-refractivity contribution in [2.24, 2.45) is 0 Å². The van der Waals surface area contributed by atoms with Crippen molar-refractivity contribution in [3.05, 3.63) is 34.8 Å². The second-order valence-corrected chi connectivity index (χ2v) is 7.12. The number of hydrogen-bond acceptors (Lipinski definition) is 4. The van der Waals surface area contributed by atoms with Gasteiger partial charge in [0.1, 0.15) is 17.3 Å². The Bertz CT molecular complexity index is 605. The van der Waals surface area contributed by atoms with E-state index in [0.29, 0.717) is 23.3 Å². The van der Waals surface area contributed by atoms with Crippen molar-refractivity contribution in [1.82, 2.24) is 10.2 Å². The highest BCUT2D eigenvalue weighted by Gasteiger charge is 2.31. The molecule has 0 radical (unpaired) electrons. The Labute approximate surface area is 142 Å². The number of aryl methyl sites for hydroxylation is 1. The lowest BCUT2D eigenvalue weighted by Gasteiger charge is -2.36. The van der Waals surface area contributed by atoms with E-state index in [4.69, 9.17) is 4.74 Å². The molecule has 1 saturated heterocycles. The first-order chi connectivity index (χ1) is 11.2. The summed E-state index contributed by atoms with van der Waals surface area (Å²) in [6.07, 6.45) is 4.20. The van der Waals surface area contributed by atoms with Gasteiger partial charge in [-0.2, -0.15) is 4.73 Å². The van der Waals surface area contributed by atoms with Crippen LogP contribution in [0.1, 0.15) is 56.0 Å². The second kappa shape index (κ2) is 7.07. The van der Waals surface area contributed by atoms with Crippen LogP contribution in [-0.2, 0) is 4.74 Å². The Hall–Kier alpha value is -2.31. The maximum Gasteiger partial charge on any atom is 0.411 e. The molecule has 1 aromatic heterocycles. The van der Waals surface area contributed by atoms with Crippen LogP contribution >= 0.6 is 0 Å². The van der Waals surface area contributed by atoms with Gasteiger partial charge in [0.05, 0.1) is 0 Å². The van der Waals surface area contributed by atoms with Crippen LogP contribution in [0.5, 0.6) is 0 Å². The zero-order valence-corrected chi connectivity index (χ0v) is 14.7. The number of carbonyl (C=O) groups excluding carboxylic acids is 2. The smallest absolute Gasteiger partial charge is 0.411 e. The van der Waals surface area contributed by atoms with Crippen LogP contribution in [0.4, 0.5) is 4.79 Å². The Morgan fingerprint density at radius 1 is 1.33 bits per heavy atom. The summed E-state index contributed by atoms with van der Waals surface area (Å²) in [7, 11) is 0. The number of nitrogens with one attached hydrogen (secondary N) is 1. The summed E-state index contributed by atoms with van der Waals surface area (Å²) in [6, 6.07) is 1.64. The lowest BCUT2D eigenvalue weighted by molar-refractivity contribution is -0.605. The lowest BCUT2D eigenvalue weighted by atomic mass is 10.1. The Balaban J connectivity index is 2.10. The number of carbonyl (C=O) groups is 2. The molecule has 2 rings (SSSR count). The first kappa shape index (κ1) is 18.0. The van der Waals surface area contributed by atoms with Crippen LogP contribution in [0.15, 0.2) is 18.5 Å². The van der Waals surface area contributed by atoms with Crippen LogP contribution in [-0.4, -0.2) is 35.2 Å². The van der Waals surface area contributed by atoms with E-state index in [1.54, 1.807) is 17.9 Å². The minimum absolute atomic E-state index is 0.278. The summed E-state index contributed by atoms with van der Waals surface area (Å²) >= 11 is 0. The van der Waals surface area contributed by atoms with Gasteiger partial charge in [-0.05, 0) is 53.0 Å². The Morgan fingerprint density at radius 3 is 2.67 bits per heavy atom. The topological polar surface area (TPSA) is 85.6 Å². The van der Waals surface area contributed by atoms with Gasteiger partial charge in [-0.25, -0.2) is 4.79 Å². The summed E-state index contributed by atoms with van der Waals surface area (Å²) in [4.78, 5) is 26.3. The fourth-order valence-electron chi connectivity index (χ4n) is 2.67. The molecule has 1 atom stereocenters. The molecule has 24 heavy (non-hydrogen) atoms. The van der Waals surface area contributed by atoms with E-state index >= 15 is 0 Å². The highest BCUT2D eigenvalue weighted by atomic mass is 16.6. The fourth-order valence-corrected chi connectivity index (χ4v) is 2.67. The summed E-state index contributed by atoms with van der Waals surface area (Å²) in [5, 5.41) is 14.3. The van der Waals surface area contributed by atoms with E-state index in [1.165, 1.54) is 12.4 Å². The van der Waals surface area contributed by atoms with Crippen LogP contribution < -0.4 is 10.0 Å². The van der Waals surface area contributed by atoms with Gasteiger partial charge in [0.25, 0.3) is 5.91 Å². The molecule has 0 aliphatic carbocycles. The van der Waals surface area contributed by atoms with Crippen molar-refractivity contribution in [1.29, 1.82) is 0 Å². The van der Waals surface area contributed by atoms with Crippen molar-refractivity contribution >= 4 is 12.0 Å². The van der Waals surface area contributed by atoms with E-state index < -0.39 is 17.9 Å². The molecule has 0 saturated carbocycles. The third-order valence-corrected chi connectivity index (χ3v) is 3.67. The highest BCUT2D eigenvalue weighted by Crippen LogP contribution is 2.19. The Kier molecular flexibility index (Phi) is 5.31. The zero-order chi connectivity index (χ0) is 17.9. The molecule has 0 spiro atoms. The van der Waals surface area contributed by atoms with Gasteiger partial charge in [0.2, 0.25) is 0 Å². The van der Waals surface area contributed by atoms with Gasteiger partial charge in [-0.1, -0.05) is 0 Å². The van der Waals surface area contributed by atoms with Crippen LogP contribution in [0, 0.1) is 12.1 Å². The number of amides is 2. The monoisotopic (exact) mass is 335 g/mol. The van der Waals surface area contributed by atoms with Gasteiger partial charge >= 0.3 is 6.09 Å². The second-order valence-electron chi connectivity index (χ2n) is 7.12. The number of piperidine rings is 1. The number of nitrogens with zero attached hydrogens (tertiary/aromatic N) is 2. The molecule has 1 N–H and O–H groups in total. The zero-order valence-electron chi connectivity index (χ0n) is 14.7. The number of ether oxygens (including phenoxy) is 1.